The second kappa shape index (κ2) is 7.86. The summed E-state index contributed by atoms with van der Waals surface area (Å²) < 4.78 is 7.06. The number of rotatable bonds is 3. The highest BCUT2D eigenvalue weighted by atomic mass is 79.9. The summed E-state index contributed by atoms with van der Waals surface area (Å²) in [5.74, 6) is -0.174. The number of fused-ring (bicyclic) bond motifs is 1. The van der Waals surface area contributed by atoms with E-state index in [0.717, 1.165) is 4.47 Å². The van der Waals surface area contributed by atoms with Gasteiger partial charge >= 0.3 is 6.09 Å². The molecule has 0 aliphatic carbocycles. The number of hydrogen-bond donors (Lipinski definition) is 0. The van der Waals surface area contributed by atoms with Crippen molar-refractivity contribution in [3.05, 3.63) is 39.4 Å². The van der Waals surface area contributed by atoms with Gasteiger partial charge in [0.05, 0.1) is 23.8 Å². The van der Waals surface area contributed by atoms with Crippen molar-refractivity contribution in [3.8, 4) is 0 Å². The summed E-state index contributed by atoms with van der Waals surface area (Å²) in [7, 11) is 0. The molecule has 0 atom stereocenters. The fraction of sp³-hybridized carbons (Fsp3) is 0.412. The first kappa shape index (κ1) is 18.4. The van der Waals surface area contributed by atoms with Gasteiger partial charge in [-0.25, -0.2) is 9.78 Å². The first-order valence-electron chi connectivity index (χ1n) is 8.33. The van der Waals surface area contributed by atoms with E-state index in [1.807, 2.05) is 6.07 Å². The van der Waals surface area contributed by atoms with E-state index in [-0.39, 0.29) is 24.1 Å². The van der Waals surface area contributed by atoms with Crippen molar-refractivity contribution in [2.24, 2.45) is 0 Å². The molecule has 1 aromatic carbocycles. The normalized spacial score (nSPS) is 14.5. The van der Waals surface area contributed by atoms with Gasteiger partial charge in [-0.3, -0.25) is 14.2 Å². The van der Waals surface area contributed by atoms with Crippen molar-refractivity contribution in [3.63, 3.8) is 0 Å². The Balaban J connectivity index is 1.67. The molecule has 8 nitrogen and oxygen atoms in total. The molecule has 0 unspecified atom stereocenters. The minimum Gasteiger partial charge on any atom is -0.450 e. The van der Waals surface area contributed by atoms with Crippen molar-refractivity contribution in [2.75, 3.05) is 32.8 Å². The van der Waals surface area contributed by atoms with Gasteiger partial charge in [0.15, 0.2) is 0 Å². The van der Waals surface area contributed by atoms with Gasteiger partial charge in [-0.2, -0.15) is 0 Å². The molecule has 138 valence electrons. The average Bonchev–Trinajstić information content (AvgIpc) is 2.64. The molecule has 0 spiro atoms. The van der Waals surface area contributed by atoms with E-state index >= 15 is 0 Å². The molecule has 3 rings (SSSR count). The van der Waals surface area contributed by atoms with Gasteiger partial charge in [0, 0.05) is 30.7 Å². The molecule has 2 heterocycles. The third kappa shape index (κ3) is 3.87. The number of benzene rings is 1. The zero-order valence-electron chi connectivity index (χ0n) is 14.4. The summed E-state index contributed by atoms with van der Waals surface area (Å²) in [4.78, 5) is 44.3. The molecule has 1 fully saturated rings. The second-order valence-electron chi connectivity index (χ2n) is 5.91. The number of piperazine rings is 1. The Kier molecular flexibility index (Phi) is 5.55. The lowest BCUT2D eigenvalue weighted by Crippen LogP contribution is -2.51. The van der Waals surface area contributed by atoms with Crippen LogP contribution in [0, 0.1) is 0 Å². The highest BCUT2D eigenvalue weighted by molar-refractivity contribution is 9.10. The van der Waals surface area contributed by atoms with Crippen LogP contribution in [0.5, 0.6) is 0 Å². The monoisotopic (exact) mass is 422 g/mol. The largest absolute Gasteiger partial charge is 0.450 e. The summed E-state index contributed by atoms with van der Waals surface area (Å²) >= 11 is 3.34. The molecule has 0 radical (unpaired) electrons. The highest BCUT2D eigenvalue weighted by Gasteiger charge is 2.25. The quantitative estimate of drug-likeness (QED) is 0.747. The van der Waals surface area contributed by atoms with Crippen LogP contribution in [0.25, 0.3) is 10.9 Å². The van der Waals surface area contributed by atoms with E-state index in [9.17, 15) is 14.4 Å². The molecule has 1 aliphatic heterocycles. The van der Waals surface area contributed by atoms with Crippen LogP contribution < -0.4 is 5.56 Å². The van der Waals surface area contributed by atoms with Gasteiger partial charge in [-0.05, 0) is 25.1 Å². The Bertz CT molecular complexity index is 890. The molecule has 0 N–H and O–H groups in total. The molecule has 0 bridgehead atoms. The van der Waals surface area contributed by atoms with Crippen molar-refractivity contribution in [1.82, 2.24) is 19.4 Å². The Morgan fingerprint density at radius 2 is 1.88 bits per heavy atom. The zero-order valence-corrected chi connectivity index (χ0v) is 15.9. The minimum absolute atomic E-state index is 0.0757. The van der Waals surface area contributed by atoms with Gasteiger partial charge in [-0.15, -0.1) is 0 Å². The number of nitrogens with zero attached hydrogens (tertiary/aromatic N) is 4. The fourth-order valence-corrected chi connectivity index (χ4v) is 3.20. The van der Waals surface area contributed by atoms with Crippen LogP contribution in [0.15, 0.2) is 33.8 Å². The Hall–Kier alpha value is -2.42. The number of amides is 2. The van der Waals surface area contributed by atoms with Gasteiger partial charge in [0.25, 0.3) is 5.56 Å². The molecule has 1 aromatic heterocycles. The standard InChI is InChI=1S/C17H19BrN4O4/c1-2-26-17(25)21-7-5-20(6-8-21)15(23)10-22-11-19-14-4-3-12(18)9-13(14)16(22)24/h3-4,9,11H,2,5-8,10H2,1H3. The first-order valence-corrected chi connectivity index (χ1v) is 9.13. The number of aromatic nitrogens is 2. The van der Waals surface area contributed by atoms with Crippen molar-refractivity contribution in [1.29, 1.82) is 0 Å². The summed E-state index contributed by atoms with van der Waals surface area (Å²) in [6.07, 6.45) is 1.03. The van der Waals surface area contributed by atoms with Crippen LogP contribution in [0.4, 0.5) is 4.79 Å². The lowest BCUT2D eigenvalue weighted by Gasteiger charge is -2.34. The summed E-state index contributed by atoms with van der Waals surface area (Å²) in [5.41, 5.74) is 0.333. The van der Waals surface area contributed by atoms with Crippen molar-refractivity contribution >= 4 is 38.8 Å². The number of carbonyl (C=O) groups is 2. The average molecular weight is 423 g/mol. The molecular weight excluding hydrogens is 404 g/mol. The molecule has 1 aliphatic rings. The summed E-state index contributed by atoms with van der Waals surface area (Å²) in [6, 6.07) is 5.26. The maximum absolute atomic E-state index is 12.6. The van der Waals surface area contributed by atoms with Crippen LogP contribution in [-0.4, -0.2) is 64.1 Å². The van der Waals surface area contributed by atoms with Crippen LogP contribution in [0.2, 0.25) is 0 Å². The number of ether oxygens (including phenoxy) is 1. The molecule has 9 heteroatoms. The van der Waals surface area contributed by atoms with E-state index in [4.69, 9.17) is 4.74 Å². The lowest BCUT2D eigenvalue weighted by molar-refractivity contribution is -0.133. The molecule has 2 aromatic rings. The molecule has 1 saturated heterocycles. The zero-order chi connectivity index (χ0) is 18.7. The van der Waals surface area contributed by atoms with Crippen LogP contribution in [0.3, 0.4) is 0 Å². The maximum atomic E-state index is 12.6. The Labute approximate surface area is 158 Å². The highest BCUT2D eigenvalue weighted by Crippen LogP contribution is 2.15. The predicted molar refractivity (Wildman–Crippen MR) is 98.9 cm³/mol. The van der Waals surface area contributed by atoms with E-state index < -0.39 is 0 Å². The van der Waals surface area contributed by atoms with E-state index in [2.05, 4.69) is 20.9 Å². The number of carbonyl (C=O) groups excluding carboxylic acids is 2. The maximum Gasteiger partial charge on any atom is 0.409 e. The van der Waals surface area contributed by atoms with Crippen molar-refractivity contribution < 1.29 is 14.3 Å². The Morgan fingerprint density at radius 3 is 2.58 bits per heavy atom. The van der Waals surface area contributed by atoms with E-state index in [1.54, 1.807) is 28.9 Å². The number of hydrogen-bond acceptors (Lipinski definition) is 5. The van der Waals surface area contributed by atoms with E-state index in [0.29, 0.717) is 43.7 Å². The molecule has 26 heavy (non-hydrogen) atoms. The minimum atomic E-state index is -0.361. The lowest BCUT2D eigenvalue weighted by atomic mass is 10.2. The molecular formula is C17H19BrN4O4. The Morgan fingerprint density at radius 1 is 1.19 bits per heavy atom. The van der Waals surface area contributed by atoms with Gasteiger partial charge in [-0.1, -0.05) is 15.9 Å². The van der Waals surface area contributed by atoms with Gasteiger partial charge < -0.3 is 14.5 Å². The van der Waals surface area contributed by atoms with Crippen LogP contribution in [-0.2, 0) is 16.1 Å². The number of halogens is 1. The predicted octanol–water partition coefficient (Wildman–Crippen LogP) is 1.46. The summed E-state index contributed by atoms with van der Waals surface area (Å²) in [5, 5.41) is 0.460. The van der Waals surface area contributed by atoms with Crippen LogP contribution in [0.1, 0.15) is 6.92 Å². The SMILES string of the molecule is CCOC(=O)N1CCN(C(=O)Cn2cnc3ccc(Br)cc3c2=O)CC1. The van der Waals surface area contributed by atoms with Crippen molar-refractivity contribution in [2.45, 2.75) is 13.5 Å². The van der Waals surface area contributed by atoms with Gasteiger partial charge in [0.1, 0.15) is 6.54 Å². The smallest absolute Gasteiger partial charge is 0.409 e. The molecule has 0 saturated carbocycles. The van der Waals surface area contributed by atoms with E-state index in [1.165, 1.54) is 10.9 Å². The third-order valence-corrected chi connectivity index (χ3v) is 4.74. The van der Waals surface area contributed by atoms with Crippen LogP contribution >= 0.6 is 15.9 Å². The first-order chi connectivity index (χ1) is 12.5. The fourth-order valence-electron chi connectivity index (χ4n) is 2.84. The topological polar surface area (TPSA) is 84.7 Å². The second-order valence-corrected chi connectivity index (χ2v) is 6.82. The summed E-state index contributed by atoms with van der Waals surface area (Å²) in [6.45, 7) is 3.67. The van der Waals surface area contributed by atoms with Gasteiger partial charge in [0.2, 0.25) is 5.91 Å². The molecule has 2 amide bonds. The third-order valence-electron chi connectivity index (χ3n) is 4.25.